The lowest BCUT2D eigenvalue weighted by Crippen LogP contribution is -2.17. The minimum atomic E-state index is -0.296. The molecule has 0 aromatic heterocycles. The van der Waals surface area contributed by atoms with Crippen molar-refractivity contribution in [2.24, 2.45) is 5.10 Å². The first kappa shape index (κ1) is 14.3. The number of amides is 1. The summed E-state index contributed by atoms with van der Waals surface area (Å²) in [6, 6.07) is 12.2. The standard InChI is InChI=1S/C15H13BrN2O2/c1-10-2-4-11(5-3-10)15(20)18-17-9-12-8-13(16)6-7-14(12)19/h2-9,19H,1H3,(H,18,20)/b17-9+. The second kappa shape index (κ2) is 6.34. The molecule has 20 heavy (non-hydrogen) atoms. The first-order valence-electron chi connectivity index (χ1n) is 5.95. The highest BCUT2D eigenvalue weighted by molar-refractivity contribution is 9.10. The second-order valence-corrected chi connectivity index (χ2v) is 5.18. The largest absolute Gasteiger partial charge is 0.507 e. The van der Waals surface area contributed by atoms with Gasteiger partial charge in [0.1, 0.15) is 5.75 Å². The van der Waals surface area contributed by atoms with Crippen LogP contribution in [-0.2, 0) is 0 Å². The Labute approximate surface area is 125 Å². The fourth-order valence-electron chi connectivity index (χ4n) is 1.56. The van der Waals surface area contributed by atoms with Crippen molar-refractivity contribution < 1.29 is 9.90 Å². The van der Waals surface area contributed by atoms with Crippen molar-refractivity contribution in [2.45, 2.75) is 6.92 Å². The van der Waals surface area contributed by atoms with Crippen LogP contribution in [0.4, 0.5) is 0 Å². The first-order chi connectivity index (χ1) is 9.56. The lowest BCUT2D eigenvalue weighted by Gasteiger charge is -2.01. The number of halogens is 1. The Morgan fingerprint density at radius 3 is 2.65 bits per heavy atom. The van der Waals surface area contributed by atoms with Gasteiger partial charge >= 0.3 is 0 Å². The van der Waals surface area contributed by atoms with Gasteiger partial charge in [0.25, 0.3) is 5.91 Å². The average molecular weight is 333 g/mol. The predicted octanol–water partition coefficient (Wildman–Crippen LogP) is 3.23. The van der Waals surface area contributed by atoms with E-state index in [1.165, 1.54) is 6.21 Å². The molecular formula is C15H13BrN2O2. The molecule has 0 heterocycles. The Hall–Kier alpha value is -2.14. The number of phenolic OH excluding ortho intramolecular Hbond substituents is 1. The Balaban J connectivity index is 2.04. The summed E-state index contributed by atoms with van der Waals surface area (Å²) >= 11 is 3.30. The van der Waals surface area contributed by atoms with Gasteiger partial charge in [-0.05, 0) is 37.3 Å². The molecule has 2 aromatic rings. The molecule has 2 N–H and O–H groups in total. The van der Waals surface area contributed by atoms with E-state index in [0.29, 0.717) is 11.1 Å². The van der Waals surface area contributed by atoms with E-state index in [0.717, 1.165) is 10.0 Å². The van der Waals surface area contributed by atoms with Gasteiger partial charge < -0.3 is 5.11 Å². The molecule has 2 aromatic carbocycles. The molecule has 0 saturated heterocycles. The zero-order valence-corrected chi connectivity index (χ0v) is 12.4. The maximum absolute atomic E-state index is 11.8. The zero-order chi connectivity index (χ0) is 14.5. The van der Waals surface area contributed by atoms with Gasteiger partial charge in [-0.2, -0.15) is 5.10 Å². The number of nitrogens with one attached hydrogen (secondary N) is 1. The summed E-state index contributed by atoms with van der Waals surface area (Å²) in [6.45, 7) is 1.95. The van der Waals surface area contributed by atoms with Crippen molar-refractivity contribution in [3.8, 4) is 5.75 Å². The molecule has 2 rings (SSSR count). The van der Waals surface area contributed by atoms with E-state index in [1.807, 2.05) is 19.1 Å². The molecule has 0 bridgehead atoms. The molecule has 0 aliphatic heterocycles. The molecule has 0 radical (unpaired) electrons. The molecular weight excluding hydrogens is 320 g/mol. The number of carbonyl (C=O) groups is 1. The number of aryl methyl sites for hydroxylation is 1. The Bertz CT molecular complexity index is 651. The van der Waals surface area contributed by atoms with Crippen LogP contribution in [-0.4, -0.2) is 17.2 Å². The van der Waals surface area contributed by atoms with Crippen LogP contribution in [0.3, 0.4) is 0 Å². The minimum absolute atomic E-state index is 0.0986. The minimum Gasteiger partial charge on any atom is -0.507 e. The third-order valence-electron chi connectivity index (χ3n) is 2.67. The molecule has 0 aliphatic rings. The van der Waals surface area contributed by atoms with Gasteiger partial charge in [-0.1, -0.05) is 33.6 Å². The summed E-state index contributed by atoms with van der Waals surface area (Å²) < 4.78 is 0.821. The summed E-state index contributed by atoms with van der Waals surface area (Å²) in [5.41, 5.74) is 4.56. The summed E-state index contributed by atoms with van der Waals surface area (Å²) in [5, 5.41) is 13.5. The van der Waals surface area contributed by atoms with E-state index in [1.54, 1.807) is 30.3 Å². The quantitative estimate of drug-likeness (QED) is 0.669. The molecule has 102 valence electrons. The highest BCUT2D eigenvalue weighted by Crippen LogP contribution is 2.19. The van der Waals surface area contributed by atoms with Gasteiger partial charge in [0.05, 0.1) is 6.21 Å². The van der Waals surface area contributed by atoms with Crippen LogP contribution in [0.5, 0.6) is 5.75 Å². The maximum Gasteiger partial charge on any atom is 0.271 e. The lowest BCUT2D eigenvalue weighted by molar-refractivity contribution is 0.0955. The summed E-state index contributed by atoms with van der Waals surface area (Å²) in [4.78, 5) is 11.8. The highest BCUT2D eigenvalue weighted by Gasteiger charge is 2.03. The molecule has 0 unspecified atom stereocenters. The molecule has 4 nitrogen and oxygen atoms in total. The van der Waals surface area contributed by atoms with Crippen LogP contribution in [0.25, 0.3) is 0 Å². The summed E-state index contributed by atoms with van der Waals surface area (Å²) in [6.07, 6.45) is 1.40. The summed E-state index contributed by atoms with van der Waals surface area (Å²) in [5.74, 6) is -0.197. The third kappa shape index (κ3) is 3.68. The van der Waals surface area contributed by atoms with Crippen LogP contribution >= 0.6 is 15.9 Å². The Kier molecular flexibility index (Phi) is 4.53. The number of rotatable bonds is 3. The van der Waals surface area contributed by atoms with Gasteiger partial charge in [0.15, 0.2) is 0 Å². The fraction of sp³-hybridized carbons (Fsp3) is 0.0667. The first-order valence-corrected chi connectivity index (χ1v) is 6.74. The van der Waals surface area contributed by atoms with Crippen molar-refractivity contribution in [1.29, 1.82) is 0 Å². The molecule has 1 amide bonds. The van der Waals surface area contributed by atoms with Crippen LogP contribution in [0.1, 0.15) is 21.5 Å². The van der Waals surface area contributed by atoms with Gasteiger partial charge in [-0.3, -0.25) is 4.79 Å². The number of hydrogen-bond donors (Lipinski definition) is 2. The molecule has 0 atom stereocenters. The van der Waals surface area contributed by atoms with E-state index in [2.05, 4.69) is 26.5 Å². The molecule has 0 saturated carbocycles. The van der Waals surface area contributed by atoms with Crippen LogP contribution in [0.2, 0.25) is 0 Å². The number of phenols is 1. The van der Waals surface area contributed by atoms with E-state index in [-0.39, 0.29) is 11.7 Å². The summed E-state index contributed by atoms with van der Waals surface area (Å²) in [7, 11) is 0. The topological polar surface area (TPSA) is 61.7 Å². The van der Waals surface area contributed by atoms with Gasteiger partial charge in [0, 0.05) is 15.6 Å². The van der Waals surface area contributed by atoms with Crippen molar-refractivity contribution in [3.63, 3.8) is 0 Å². The van der Waals surface area contributed by atoms with Crippen LogP contribution in [0, 0.1) is 6.92 Å². The molecule has 0 fully saturated rings. The second-order valence-electron chi connectivity index (χ2n) is 4.27. The van der Waals surface area contributed by atoms with E-state index < -0.39 is 0 Å². The fourth-order valence-corrected chi connectivity index (χ4v) is 1.94. The Morgan fingerprint density at radius 2 is 1.95 bits per heavy atom. The number of benzene rings is 2. The van der Waals surface area contributed by atoms with Crippen molar-refractivity contribution in [3.05, 3.63) is 63.6 Å². The average Bonchev–Trinajstić information content (AvgIpc) is 2.43. The maximum atomic E-state index is 11.8. The van der Waals surface area contributed by atoms with Gasteiger partial charge in [-0.25, -0.2) is 5.43 Å². The van der Waals surface area contributed by atoms with Gasteiger partial charge in [0.2, 0.25) is 0 Å². The number of carbonyl (C=O) groups excluding carboxylic acids is 1. The van der Waals surface area contributed by atoms with E-state index in [4.69, 9.17) is 0 Å². The predicted molar refractivity (Wildman–Crippen MR) is 82.0 cm³/mol. The van der Waals surface area contributed by atoms with Crippen LogP contribution in [0.15, 0.2) is 52.0 Å². The Morgan fingerprint density at radius 1 is 1.25 bits per heavy atom. The number of hydrazone groups is 1. The van der Waals surface area contributed by atoms with Crippen LogP contribution < -0.4 is 5.43 Å². The number of nitrogens with zero attached hydrogens (tertiary/aromatic N) is 1. The van der Waals surface area contributed by atoms with Crippen molar-refractivity contribution >= 4 is 28.1 Å². The van der Waals surface area contributed by atoms with E-state index in [9.17, 15) is 9.90 Å². The molecule has 5 heteroatoms. The van der Waals surface area contributed by atoms with Gasteiger partial charge in [-0.15, -0.1) is 0 Å². The third-order valence-corrected chi connectivity index (χ3v) is 3.17. The van der Waals surface area contributed by atoms with Crippen molar-refractivity contribution in [2.75, 3.05) is 0 Å². The molecule has 0 spiro atoms. The number of aromatic hydroxyl groups is 1. The zero-order valence-electron chi connectivity index (χ0n) is 10.8. The smallest absolute Gasteiger partial charge is 0.271 e. The van der Waals surface area contributed by atoms with Crippen molar-refractivity contribution in [1.82, 2.24) is 5.43 Å². The molecule has 0 aliphatic carbocycles. The number of hydrogen-bond acceptors (Lipinski definition) is 3. The lowest BCUT2D eigenvalue weighted by atomic mass is 10.1. The van der Waals surface area contributed by atoms with E-state index >= 15 is 0 Å². The monoisotopic (exact) mass is 332 g/mol. The SMILES string of the molecule is Cc1ccc(C(=O)N/N=C/c2cc(Br)ccc2O)cc1. The highest BCUT2D eigenvalue weighted by atomic mass is 79.9. The normalized spacial score (nSPS) is 10.7.